The lowest BCUT2D eigenvalue weighted by Gasteiger charge is -2.24. The average Bonchev–Trinajstić information content (AvgIpc) is 2.75. The smallest absolute Gasteiger partial charge is 0.326 e. The Hall–Kier alpha value is -2.26. The van der Waals surface area contributed by atoms with E-state index in [0.717, 1.165) is 5.75 Å². The molecule has 0 aromatic heterocycles. The Morgan fingerprint density at radius 2 is 1.81 bits per heavy atom. The second kappa shape index (κ2) is 10.9. The summed E-state index contributed by atoms with van der Waals surface area (Å²) < 4.78 is 0. The summed E-state index contributed by atoms with van der Waals surface area (Å²) in [6.07, 6.45) is 0.117. The first-order valence-corrected chi connectivity index (χ1v) is 11.4. The zero-order chi connectivity index (χ0) is 22.4. The van der Waals surface area contributed by atoms with E-state index < -0.39 is 24.0 Å². The Bertz CT molecular complexity index is 945. The van der Waals surface area contributed by atoms with Crippen molar-refractivity contribution in [2.75, 3.05) is 23.4 Å². The molecule has 0 saturated carbocycles. The molecule has 1 heterocycles. The van der Waals surface area contributed by atoms with Crippen molar-refractivity contribution in [2.24, 2.45) is 0 Å². The molecule has 2 atom stereocenters. The Balaban J connectivity index is 1.62. The monoisotopic (exact) mass is 481 g/mol. The maximum atomic E-state index is 12.5. The molecule has 10 heteroatoms. The fourth-order valence-corrected chi connectivity index (χ4v) is 4.58. The molecule has 164 valence electrons. The van der Waals surface area contributed by atoms with Crippen LogP contribution in [0, 0.1) is 0 Å². The minimum Gasteiger partial charge on any atom is -0.480 e. The number of carboxylic acid groups (broad SMARTS) is 1. The van der Waals surface area contributed by atoms with Crippen LogP contribution < -0.4 is 16.0 Å². The largest absolute Gasteiger partial charge is 0.480 e. The van der Waals surface area contributed by atoms with Crippen LogP contribution in [0.25, 0.3) is 0 Å². The predicted molar refractivity (Wildman–Crippen MR) is 123 cm³/mol. The molecule has 1 fully saturated rings. The minimum absolute atomic E-state index is 0.117. The van der Waals surface area contributed by atoms with Crippen LogP contribution in [-0.2, 0) is 16.0 Å². The molecule has 2 aromatic carbocycles. The summed E-state index contributed by atoms with van der Waals surface area (Å²) in [6, 6.07) is 10.0. The Labute approximate surface area is 193 Å². The van der Waals surface area contributed by atoms with Gasteiger partial charge in [-0.2, -0.15) is 11.8 Å². The highest BCUT2D eigenvalue weighted by molar-refractivity contribution is 7.99. The second-order valence-electron chi connectivity index (χ2n) is 6.93. The van der Waals surface area contributed by atoms with Gasteiger partial charge < -0.3 is 21.1 Å². The molecule has 2 unspecified atom stereocenters. The third kappa shape index (κ3) is 6.36. The van der Waals surface area contributed by atoms with E-state index >= 15 is 0 Å². The quantitative estimate of drug-likeness (QED) is 0.483. The number of aliphatic carboxylic acids is 1. The zero-order valence-corrected chi connectivity index (χ0v) is 18.7. The first kappa shape index (κ1) is 23.4. The predicted octanol–water partition coefficient (Wildman–Crippen LogP) is 3.06. The number of nitrogens with one attached hydrogen (secondary N) is 3. The number of carbonyl (C=O) groups is 3. The lowest BCUT2D eigenvalue weighted by Crippen LogP contribution is -2.53. The first-order chi connectivity index (χ1) is 14.8. The molecule has 31 heavy (non-hydrogen) atoms. The molecule has 7 nitrogen and oxygen atoms in total. The molecule has 4 N–H and O–H groups in total. The zero-order valence-electron chi connectivity index (χ0n) is 16.4. The van der Waals surface area contributed by atoms with Crippen molar-refractivity contribution in [1.29, 1.82) is 0 Å². The van der Waals surface area contributed by atoms with E-state index in [0.29, 0.717) is 23.5 Å². The van der Waals surface area contributed by atoms with Crippen molar-refractivity contribution in [3.63, 3.8) is 0 Å². The highest BCUT2D eigenvalue weighted by Gasteiger charge is 2.26. The number of anilines is 1. The van der Waals surface area contributed by atoms with E-state index in [1.807, 2.05) is 0 Å². The molecule has 0 aliphatic carbocycles. The van der Waals surface area contributed by atoms with Gasteiger partial charge in [0, 0.05) is 30.2 Å². The van der Waals surface area contributed by atoms with Gasteiger partial charge in [0.1, 0.15) is 6.04 Å². The molecule has 2 aromatic rings. The third-order valence-electron chi connectivity index (χ3n) is 4.69. The molecule has 0 spiro atoms. The van der Waals surface area contributed by atoms with Gasteiger partial charge in [-0.1, -0.05) is 41.4 Å². The van der Waals surface area contributed by atoms with Gasteiger partial charge in [-0.05, 0) is 29.8 Å². The molecular formula is C21H21Cl2N3O4S. The Morgan fingerprint density at radius 1 is 1.13 bits per heavy atom. The number of carbonyl (C=O) groups excluding carboxylic acids is 2. The van der Waals surface area contributed by atoms with Crippen LogP contribution in [0.2, 0.25) is 10.0 Å². The van der Waals surface area contributed by atoms with Crippen LogP contribution in [0.15, 0.2) is 42.5 Å². The molecule has 0 radical (unpaired) electrons. The SMILES string of the molecule is O=C(Nc1ccc(CC(NC(=O)C2CSCCN2)C(=O)O)cc1)c1c(Cl)cccc1Cl. The van der Waals surface area contributed by atoms with Crippen molar-refractivity contribution < 1.29 is 19.5 Å². The first-order valence-electron chi connectivity index (χ1n) is 9.53. The van der Waals surface area contributed by atoms with Crippen LogP contribution in [0.1, 0.15) is 15.9 Å². The average molecular weight is 482 g/mol. The number of carboxylic acids is 1. The molecule has 1 aliphatic rings. The van der Waals surface area contributed by atoms with Gasteiger partial charge in [0.2, 0.25) is 5.91 Å². The maximum Gasteiger partial charge on any atom is 0.326 e. The topological polar surface area (TPSA) is 108 Å². The van der Waals surface area contributed by atoms with Crippen molar-refractivity contribution in [1.82, 2.24) is 10.6 Å². The lowest BCUT2D eigenvalue weighted by molar-refractivity contribution is -0.142. The summed E-state index contributed by atoms with van der Waals surface area (Å²) in [7, 11) is 0. The van der Waals surface area contributed by atoms with E-state index in [9.17, 15) is 19.5 Å². The number of benzene rings is 2. The summed E-state index contributed by atoms with van der Waals surface area (Å²) in [5.41, 5.74) is 1.38. The van der Waals surface area contributed by atoms with Crippen molar-refractivity contribution >= 4 is 58.4 Å². The van der Waals surface area contributed by atoms with Gasteiger partial charge in [-0.25, -0.2) is 4.79 Å². The number of hydrogen-bond donors (Lipinski definition) is 4. The molecule has 3 rings (SSSR count). The number of amides is 2. The van der Waals surface area contributed by atoms with Gasteiger partial charge in [-0.15, -0.1) is 0 Å². The number of hydrogen-bond acceptors (Lipinski definition) is 5. The number of thioether (sulfide) groups is 1. The fourth-order valence-electron chi connectivity index (χ4n) is 3.07. The minimum atomic E-state index is -1.11. The van der Waals surface area contributed by atoms with Crippen molar-refractivity contribution in [2.45, 2.75) is 18.5 Å². The second-order valence-corrected chi connectivity index (χ2v) is 8.90. The summed E-state index contributed by atoms with van der Waals surface area (Å²) >= 11 is 13.8. The van der Waals surface area contributed by atoms with Gasteiger partial charge in [0.25, 0.3) is 5.91 Å². The van der Waals surface area contributed by atoms with Gasteiger partial charge in [-0.3, -0.25) is 9.59 Å². The van der Waals surface area contributed by atoms with Gasteiger partial charge >= 0.3 is 5.97 Å². The lowest BCUT2D eigenvalue weighted by atomic mass is 10.0. The summed E-state index contributed by atoms with van der Waals surface area (Å²) in [5.74, 6) is -0.334. The normalized spacial score (nSPS) is 16.9. The standard InChI is InChI=1S/C21H21Cl2N3O4S/c22-14-2-1-3-15(23)18(14)20(28)25-13-6-4-12(5-7-13)10-16(21(29)30)26-19(27)17-11-31-9-8-24-17/h1-7,16-17,24H,8-11H2,(H,25,28)(H,26,27)(H,29,30). The molecule has 1 aliphatic heterocycles. The molecule has 1 saturated heterocycles. The van der Waals surface area contributed by atoms with Gasteiger partial charge in [0.05, 0.1) is 21.7 Å². The van der Waals surface area contributed by atoms with Crippen molar-refractivity contribution in [3.05, 3.63) is 63.6 Å². The van der Waals surface area contributed by atoms with Crippen LogP contribution in [0.3, 0.4) is 0 Å². The Morgan fingerprint density at radius 3 is 2.39 bits per heavy atom. The highest BCUT2D eigenvalue weighted by Crippen LogP contribution is 2.25. The van der Waals surface area contributed by atoms with E-state index in [2.05, 4.69) is 16.0 Å². The van der Waals surface area contributed by atoms with Crippen molar-refractivity contribution in [3.8, 4) is 0 Å². The summed E-state index contributed by atoms with van der Waals surface area (Å²) in [4.78, 5) is 36.4. The molecular weight excluding hydrogens is 461 g/mol. The summed E-state index contributed by atoms with van der Waals surface area (Å²) in [6.45, 7) is 0.715. The van der Waals surface area contributed by atoms with E-state index in [1.165, 1.54) is 0 Å². The summed E-state index contributed by atoms with van der Waals surface area (Å²) in [5, 5.41) is 18.4. The molecule has 0 bridgehead atoms. The maximum absolute atomic E-state index is 12.5. The Kier molecular flexibility index (Phi) is 8.20. The van der Waals surface area contributed by atoms with Crippen LogP contribution in [-0.4, -0.2) is 53.0 Å². The van der Waals surface area contributed by atoms with Crippen LogP contribution in [0.4, 0.5) is 5.69 Å². The fraction of sp³-hybridized carbons (Fsp3) is 0.286. The molecule has 2 amide bonds. The van der Waals surface area contributed by atoms with E-state index in [-0.39, 0.29) is 27.9 Å². The number of halogens is 2. The number of rotatable bonds is 7. The van der Waals surface area contributed by atoms with E-state index in [4.69, 9.17) is 23.2 Å². The van der Waals surface area contributed by atoms with Gasteiger partial charge in [0.15, 0.2) is 0 Å². The highest BCUT2D eigenvalue weighted by atomic mass is 35.5. The third-order valence-corrected chi connectivity index (χ3v) is 6.39. The van der Waals surface area contributed by atoms with E-state index in [1.54, 1.807) is 54.2 Å². The van der Waals surface area contributed by atoms with Crippen LogP contribution in [0.5, 0.6) is 0 Å². The van der Waals surface area contributed by atoms with Crippen LogP contribution >= 0.6 is 35.0 Å².